The Kier molecular flexibility index (Phi) is 9.12. The Labute approximate surface area is 133 Å². The van der Waals surface area contributed by atoms with E-state index in [0.717, 1.165) is 30.8 Å². The van der Waals surface area contributed by atoms with Gasteiger partial charge in [0.2, 0.25) is 0 Å². The summed E-state index contributed by atoms with van der Waals surface area (Å²) in [5.41, 5.74) is 1.28. The van der Waals surface area contributed by atoms with Gasteiger partial charge in [-0.05, 0) is 37.0 Å². The smallest absolute Gasteiger partial charge is 0.305 e. The number of unbranched alkanes of at least 4 members (excludes halogenated alkanes) is 5. The van der Waals surface area contributed by atoms with Crippen molar-refractivity contribution in [3.05, 3.63) is 23.8 Å². The molecule has 124 valence electrons. The van der Waals surface area contributed by atoms with Gasteiger partial charge < -0.3 is 14.2 Å². The van der Waals surface area contributed by atoms with Crippen molar-refractivity contribution in [1.82, 2.24) is 0 Å². The van der Waals surface area contributed by atoms with E-state index in [0.29, 0.717) is 6.42 Å². The van der Waals surface area contributed by atoms with Gasteiger partial charge in [-0.3, -0.25) is 4.79 Å². The van der Waals surface area contributed by atoms with Crippen molar-refractivity contribution in [2.24, 2.45) is 0 Å². The monoisotopic (exact) mass is 308 g/mol. The molecule has 0 aromatic heterocycles. The molecule has 0 radical (unpaired) electrons. The van der Waals surface area contributed by atoms with E-state index in [1.54, 1.807) is 14.2 Å². The van der Waals surface area contributed by atoms with E-state index in [1.165, 1.54) is 38.4 Å². The lowest BCUT2D eigenvalue weighted by atomic mass is 10.0. The van der Waals surface area contributed by atoms with Crippen molar-refractivity contribution >= 4 is 5.97 Å². The van der Waals surface area contributed by atoms with Crippen LogP contribution in [0, 0.1) is 0 Å². The molecule has 0 saturated carbocycles. The highest BCUT2D eigenvalue weighted by Gasteiger charge is 2.04. The van der Waals surface area contributed by atoms with Crippen molar-refractivity contribution < 1.29 is 19.0 Å². The van der Waals surface area contributed by atoms with Crippen LogP contribution in [0.4, 0.5) is 0 Å². The second kappa shape index (κ2) is 10.9. The van der Waals surface area contributed by atoms with Crippen molar-refractivity contribution in [3.8, 4) is 11.5 Å². The van der Waals surface area contributed by atoms with Crippen LogP contribution in [0.2, 0.25) is 0 Å². The summed E-state index contributed by atoms with van der Waals surface area (Å²) < 4.78 is 15.2. The third-order valence-corrected chi connectivity index (χ3v) is 3.77. The molecule has 0 amide bonds. The molecule has 0 bridgehead atoms. The molecule has 0 aliphatic rings. The highest BCUT2D eigenvalue weighted by Crippen LogP contribution is 2.28. The predicted molar refractivity (Wildman–Crippen MR) is 87.6 cm³/mol. The summed E-state index contributed by atoms with van der Waals surface area (Å²) in [4.78, 5) is 11.0. The molecule has 4 nitrogen and oxygen atoms in total. The first-order chi connectivity index (χ1) is 10.7. The number of benzene rings is 1. The van der Waals surface area contributed by atoms with Gasteiger partial charge in [0.1, 0.15) is 0 Å². The molecule has 0 aliphatic heterocycles. The van der Waals surface area contributed by atoms with Crippen LogP contribution in [0.3, 0.4) is 0 Å². The lowest BCUT2D eigenvalue weighted by molar-refractivity contribution is -0.140. The number of esters is 1. The number of rotatable bonds is 11. The van der Waals surface area contributed by atoms with E-state index in [-0.39, 0.29) is 5.97 Å². The van der Waals surface area contributed by atoms with Crippen molar-refractivity contribution in [1.29, 1.82) is 0 Å². The van der Waals surface area contributed by atoms with E-state index in [4.69, 9.17) is 9.47 Å². The Bertz CT molecular complexity index is 443. The van der Waals surface area contributed by atoms with Crippen LogP contribution in [-0.4, -0.2) is 27.3 Å². The molecule has 4 heteroatoms. The van der Waals surface area contributed by atoms with E-state index in [9.17, 15) is 4.79 Å². The van der Waals surface area contributed by atoms with Crippen LogP contribution in [0.15, 0.2) is 18.2 Å². The van der Waals surface area contributed by atoms with E-state index in [2.05, 4.69) is 16.9 Å². The molecular weight excluding hydrogens is 280 g/mol. The summed E-state index contributed by atoms with van der Waals surface area (Å²) in [5, 5.41) is 0. The van der Waals surface area contributed by atoms with Gasteiger partial charge in [-0.1, -0.05) is 31.7 Å². The summed E-state index contributed by atoms with van der Waals surface area (Å²) >= 11 is 0. The van der Waals surface area contributed by atoms with Crippen LogP contribution in [0.1, 0.15) is 50.5 Å². The summed E-state index contributed by atoms with van der Waals surface area (Å²) in [7, 11) is 4.75. The van der Waals surface area contributed by atoms with Gasteiger partial charge in [0.05, 0.1) is 21.3 Å². The lowest BCUT2D eigenvalue weighted by Crippen LogP contribution is -1.99. The molecule has 0 fully saturated rings. The molecule has 0 aliphatic carbocycles. The molecule has 0 saturated heterocycles. The molecule has 0 heterocycles. The molecule has 0 N–H and O–H groups in total. The van der Waals surface area contributed by atoms with Gasteiger partial charge in [0.25, 0.3) is 0 Å². The third kappa shape index (κ3) is 6.83. The van der Waals surface area contributed by atoms with Gasteiger partial charge in [-0.15, -0.1) is 0 Å². The summed E-state index contributed by atoms with van der Waals surface area (Å²) in [6, 6.07) is 6.11. The van der Waals surface area contributed by atoms with Crippen LogP contribution in [-0.2, 0) is 16.0 Å². The van der Waals surface area contributed by atoms with Crippen LogP contribution < -0.4 is 9.47 Å². The van der Waals surface area contributed by atoms with Crippen LogP contribution >= 0.6 is 0 Å². The Morgan fingerprint density at radius 2 is 1.50 bits per heavy atom. The zero-order chi connectivity index (χ0) is 16.2. The van der Waals surface area contributed by atoms with Gasteiger partial charge >= 0.3 is 5.97 Å². The Morgan fingerprint density at radius 1 is 0.864 bits per heavy atom. The second-order valence-corrected chi connectivity index (χ2v) is 5.39. The van der Waals surface area contributed by atoms with E-state index in [1.807, 2.05) is 6.07 Å². The number of aryl methyl sites for hydroxylation is 1. The molecular formula is C18H28O4. The second-order valence-electron chi connectivity index (χ2n) is 5.39. The molecule has 1 aromatic carbocycles. The van der Waals surface area contributed by atoms with Crippen molar-refractivity contribution in [2.45, 2.75) is 51.4 Å². The third-order valence-electron chi connectivity index (χ3n) is 3.77. The maximum atomic E-state index is 11.0. The highest BCUT2D eigenvalue weighted by molar-refractivity contribution is 5.68. The fourth-order valence-corrected chi connectivity index (χ4v) is 2.44. The van der Waals surface area contributed by atoms with Gasteiger partial charge in [0.15, 0.2) is 11.5 Å². The molecule has 0 atom stereocenters. The summed E-state index contributed by atoms with van der Waals surface area (Å²) in [6.07, 6.45) is 8.43. The van der Waals surface area contributed by atoms with Crippen molar-refractivity contribution in [3.63, 3.8) is 0 Å². The SMILES string of the molecule is COC(=O)CCCCCCCCc1ccc(OC)c(OC)c1. The average molecular weight is 308 g/mol. The minimum atomic E-state index is -0.103. The average Bonchev–Trinajstić information content (AvgIpc) is 2.56. The van der Waals surface area contributed by atoms with Gasteiger partial charge in [0, 0.05) is 6.42 Å². The Hall–Kier alpha value is -1.71. The Morgan fingerprint density at radius 3 is 2.14 bits per heavy atom. The summed E-state index contributed by atoms with van der Waals surface area (Å²) in [6.45, 7) is 0. The largest absolute Gasteiger partial charge is 0.493 e. The molecule has 1 rings (SSSR count). The van der Waals surface area contributed by atoms with Crippen LogP contribution in [0.5, 0.6) is 11.5 Å². The molecule has 0 unspecified atom stereocenters. The van der Waals surface area contributed by atoms with Crippen molar-refractivity contribution in [2.75, 3.05) is 21.3 Å². The van der Waals surface area contributed by atoms with Gasteiger partial charge in [-0.2, -0.15) is 0 Å². The van der Waals surface area contributed by atoms with Gasteiger partial charge in [-0.25, -0.2) is 0 Å². The normalized spacial score (nSPS) is 10.3. The lowest BCUT2D eigenvalue weighted by Gasteiger charge is -2.09. The minimum Gasteiger partial charge on any atom is -0.493 e. The molecule has 0 spiro atoms. The zero-order valence-corrected chi connectivity index (χ0v) is 14.0. The quantitative estimate of drug-likeness (QED) is 0.455. The zero-order valence-electron chi connectivity index (χ0n) is 14.0. The standard InChI is InChI=1S/C18H28O4/c1-20-16-13-12-15(14-17(16)21-2)10-8-6-4-5-7-9-11-18(19)22-3/h12-14H,4-11H2,1-3H3. The fraction of sp³-hybridized carbons (Fsp3) is 0.611. The Balaban J connectivity index is 2.13. The first-order valence-electron chi connectivity index (χ1n) is 7.99. The molecule has 22 heavy (non-hydrogen) atoms. The highest BCUT2D eigenvalue weighted by atomic mass is 16.5. The van der Waals surface area contributed by atoms with E-state index >= 15 is 0 Å². The number of ether oxygens (including phenoxy) is 3. The summed E-state index contributed by atoms with van der Waals surface area (Å²) in [5.74, 6) is 1.47. The first-order valence-corrected chi connectivity index (χ1v) is 7.99. The number of carbonyl (C=O) groups excluding carboxylic acids is 1. The first kappa shape index (κ1) is 18.3. The molecule has 1 aromatic rings. The maximum Gasteiger partial charge on any atom is 0.305 e. The fourth-order valence-electron chi connectivity index (χ4n) is 2.44. The topological polar surface area (TPSA) is 44.8 Å². The maximum absolute atomic E-state index is 11.0. The number of hydrogen-bond donors (Lipinski definition) is 0. The number of carbonyl (C=O) groups is 1. The van der Waals surface area contributed by atoms with E-state index < -0.39 is 0 Å². The predicted octanol–water partition coefficient (Wildman–Crippen LogP) is 4.15. The number of methoxy groups -OCH3 is 3. The minimum absolute atomic E-state index is 0.103. The number of hydrogen-bond acceptors (Lipinski definition) is 4. The van der Waals surface area contributed by atoms with Crippen LogP contribution in [0.25, 0.3) is 0 Å².